The minimum atomic E-state index is 0.212. The number of hydrogen-bond donors (Lipinski definition) is 1. The molecule has 0 aliphatic heterocycles. The predicted molar refractivity (Wildman–Crippen MR) is 105 cm³/mol. The lowest BCUT2D eigenvalue weighted by molar-refractivity contribution is 0.679. The van der Waals surface area contributed by atoms with Gasteiger partial charge >= 0.3 is 0 Å². The maximum absolute atomic E-state index is 5.85. The van der Waals surface area contributed by atoms with Crippen LogP contribution in [-0.4, -0.2) is 21.2 Å². The lowest BCUT2D eigenvalue weighted by Crippen LogP contribution is -2.06. The van der Waals surface area contributed by atoms with Gasteiger partial charge in [0, 0.05) is 12.3 Å². The number of thioether (sulfide) groups is 2. The summed E-state index contributed by atoms with van der Waals surface area (Å²) < 4.78 is 0. The third-order valence-corrected chi connectivity index (χ3v) is 5.47. The molecule has 4 nitrogen and oxygen atoms in total. The molecule has 2 N–H and O–H groups in total. The Morgan fingerprint density at radius 3 is 2.50 bits per heavy atom. The fraction of sp³-hybridized carbons (Fsp3) is 0.500. The zero-order chi connectivity index (χ0) is 17.5. The normalized spacial score (nSPS) is 14.3. The van der Waals surface area contributed by atoms with Gasteiger partial charge in [0.25, 0.3) is 0 Å². The van der Waals surface area contributed by atoms with Gasteiger partial charge in [0.15, 0.2) is 5.16 Å². The first-order chi connectivity index (χ1) is 11.7. The number of hydrogen-bond acceptors (Lipinski definition) is 6. The first-order valence-corrected chi connectivity index (χ1v) is 10.6. The van der Waals surface area contributed by atoms with Crippen molar-refractivity contribution in [2.75, 3.05) is 12.0 Å². The van der Waals surface area contributed by atoms with E-state index in [-0.39, 0.29) is 5.25 Å². The zero-order valence-corrected chi connectivity index (χ0v) is 16.5. The fourth-order valence-corrected chi connectivity index (χ4v) is 4.00. The maximum atomic E-state index is 5.85. The number of aryl methyl sites for hydroxylation is 2. The van der Waals surface area contributed by atoms with Gasteiger partial charge in [0.1, 0.15) is 10.8 Å². The Labute approximate surface area is 153 Å². The number of fused-ring (bicyclic) bond motifs is 1. The molecule has 1 atom stereocenters. The average Bonchev–Trinajstić information content (AvgIpc) is 2.62. The van der Waals surface area contributed by atoms with Crippen LogP contribution in [0, 0.1) is 0 Å². The summed E-state index contributed by atoms with van der Waals surface area (Å²) in [7, 11) is 0. The van der Waals surface area contributed by atoms with Gasteiger partial charge in [-0.3, -0.25) is 4.98 Å². The molecule has 2 heterocycles. The fourth-order valence-electron chi connectivity index (χ4n) is 2.65. The van der Waals surface area contributed by atoms with Crippen molar-refractivity contribution in [3.05, 3.63) is 35.2 Å². The molecule has 6 heteroatoms. The zero-order valence-electron chi connectivity index (χ0n) is 14.9. The minimum absolute atomic E-state index is 0.212. The lowest BCUT2D eigenvalue weighted by Gasteiger charge is -2.18. The van der Waals surface area contributed by atoms with Gasteiger partial charge in [-0.1, -0.05) is 25.6 Å². The molecule has 0 amide bonds. The number of pyridine rings is 1. The van der Waals surface area contributed by atoms with E-state index in [0.717, 1.165) is 15.9 Å². The molecule has 2 aromatic rings. The maximum Gasteiger partial charge on any atom is 0.191 e. The van der Waals surface area contributed by atoms with Crippen molar-refractivity contribution in [2.24, 2.45) is 0 Å². The summed E-state index contributed by atoms with van der Waals surface area (Å²) in [6, 6.07) is 4.06. The molecule has 1 unspecified atom stereocenters. The SMILES string of the molecule is CC.CSc1cc(N)nc(SC(C)c2cc3c(cn2)CCCC3)n1. The van der Waals surface area contributed by atoms with E-state index in [2.05, 4.69) is 34.1 Å². The molecule has 0 bridgehead atoms. The number of nitrogen functional groups attached to an aromatic ring is 1. The Hall–Kier alpha value is -1.27. The molecule has 1 aliphatic carbocycles. The van der Waals surface area contributed by atoms with Crippen LogP contribution in [0.3, 0.4) is 0 Å². The smallest absolute Gasteiger partial charge is 0.191 e. The van der Waals surface area contributed by atoms with E-state index in [1.165, 1.54) is 36.8 Å². The Kier molecular flexibility index (Phi) is 7.37. The summed E-state index contributed by atoms with van der Waals surface area (Å²) in [5, 5.41) is 1.83. The van der Waals surface area contributed by atoms with Crippen LogP contribution >= 0.6 is 23.5 Å². The molecule has 0 fully saturated rings. The number of aromatic nitrogens is 3. The monoisotopic (exact) mass is 362 g/mol. The predicted octanol–water partition coefficient (Wildman–Crippen LogP) is 4.93. The molecule has 0 saturated heterocycles. The van der Waals surface area contributed by atoms with Gasteiger partial charge in [-0.15, -0.1) is 11.8 Å². The summed E-state index contributed by atoms with van der Waals surface area (Å²) >= 11 is 3.19. The summed E-state index contributed by atoms with van der Waals surface area (Å²) in [5.41, 5.74) is 9.82. The van der Waals surface area contributed by atoms with Gasteiger partial charge in [-0.2, -0.15) is 0 Å². The number of nitrogens with two attached hydrogens (primary N) is 1. The molecular weight excluding hydrogens is 336 g/mol. The highest BCUT2D eigenvalue weighted by Gasteiger charge is 2.16. The van der Waals surface area contributed by atoms with Crippen molar-refractivity contribution in [3.63, 3.8) is 0 Å². The largest absolute Gasteiger partial charge is 0.384 e. The van der Waals surface area contributed by atoms with Gasteiger partial charge in [-0.05, 0) is 56.1 Å². The van der Waals surface area contributed by atoms with Crippen molar-refractivity contribution in [1.29, 1.82) is 0 Å². The van der Waals surface area contributed by atoms with E-state index in [0.29, 0.717) is 5.82 Å². The van der Waals surface area contributed by atoms with E-state index in [9.17, 15) is 0 Å². The van der Waals surface area contributed by atoms with Crippen molar-refractivity contribution in [2.45, 2.75) is 61.9 Å². The molecule has 3 rings (SSSR count). The van der Waals surface area contributed by atoms with Crippen molar-refractivity contribution in [3.8, 4) is 0 Å². The van der Waals surface area contributed by atoms with Crippen LogP contribution in [0.1, 0.15) is 55.7 Å². The number of rotatable bonds is 4. The molecule has 0 aromatic carbocycles. The van der Waals surface area contributed by atoms with E-state index >= 15 is 0 Å². The van der Waals surface area contributed by atoms with Crippen molar-refractivity contribution >= 4 is 29.3 Å². The summed E-state index contributed by atoms with van der Waals surface area (Å²) in [6.07, 6.45) is 8.95. The van der Waals surface area contributed by atoms with Gasteiger partial charge < -0.3 is 5.73 Å². The highest BCUT2D eigenvalue weighted by molar-refractivity contribution is 7.99. The first kappa shape index (κ1) is 19.1. The van der Waals surface area contributed by atoms with Crippen LogP contribution < -0.4 is 5.73 Å². The molecule has 24 heavy (non-hydrogen) atoms. The van der Waals surface area contributed by atoms with Crippen LogP contribution in [0.25, 0.3) is 0 Å². The third-order valence-electron chi connectivity index (χ3n) is 3.86. The molecule has 0 saturated carbocycles. The molecule has 0 spiro atoms. The van der Waals surface area contributed by atoms with E-state index in [1.807, 2.05) is 20.1 Å². The van der Waals surface area contributed by atoms with Crippen LogP contribution in [0.2, 0.25) is 0 Å². The molecule has 2 aromatic heterocycles. The second-order valence-electron chi connectivity index (χ2n) is 5.46. The highest BCUT2D eigenvalue weighted by atomic mass is 32.2. The van der Waals surface area contributed by atoms with Gasteiger partial charge in [0.2, 0.25) is 0 Å². The standard InChI is InChI=1S/C16H20N4S2.C2H6/c1-10(22-16-19-14(17)8-15(20-16)21-2)13-7-11-5-3-4-6-12(11)9-18-13;1-2/h7-10H,3-6H2,1-2H3,(H2,17,19,20);1-2H3. The Bertz CT molecular complexity index is 676. The quantitative estimate of drug-likeness (QED) is 0.472. The van der Waals surface area contributed by atoms with E-state index in [1.54, 1.807) is 29.6 Å². The molecule has 0 radical (unpaired) electrons. The Balaban J connectivity index is 0.00000100. The number of anilines is 1. The van der Waals surface area contributed by atoms with Crippen LogP contribution in [0.15, 0.2) is 28.5 Å². The van der Waals surface area contributed by atoms with E-state index in [4.69, 9.17) is 5.73 Å². The van der Waals surface area contributed by atoms with Crippen LogP contribution in [0.5, 0.6) is 0 Å². The first-order valence-electron chi connectivity index (χ1n) is 8.48. The van der Waals surface area contributed by atoms with Crippen molar-refractivity contribution in [1.82, 2.24) is 15.0 Å². The number of nitrogens with zero attached hydrogens (tertiary/aromatic N) is 3. The van der Waals surface area contributed by atoms with Gasteiger partial charge in [-0.25, -0.2) is 9.97 Å². The Morgan fingerprint density at radius 2 is 1.79 bits per heavy atom. The summed E-state index contributed by atoms with van der Waals surface area (Å²) in [5.74, 6) is 0.521. The Morgan fingerprint density at radius 1 is 1.08 bits per heavy atom. The van der Waals surface area contributed by atoms with Crippen LogP contribution in [0.4, 0.5) is 5.82 Å². The molecule has 1 aliphatic rings. The molecular formula is C18H26N4S2. The summed E-state index contributed by atoms with van der Waals surface area (Å²) in [6.45, 7) is 6.15. The molecule has 130 valence electrons. The lowest BCUT2D eigenvalue weighted by atomic mass is 9.93. The highest BCUT2D eigenvalue weighted by Crippen LogP contribution is 2.34. The van der Waals surface area contributed by atoms with Gasteiger partial charge in [0.05, 0.1) is 10.9 Å². The second-order valence-corrected chi connectivity index (χ2v) is 7.60. The minimum Gasteiger partial charge on any atom is -0.384 e. The van der Waals surface area contributed by atoms with E-state index < -0.39 is 0 Å². The van der Waals surface area contributed by atoms with Crippen molar-refractivity contribution < 1.29 is 0 Å². The van der Waals surface area contributed by atoms with Crippen LogP contribution in [-0.2, 0) is 12.8 Å². The second kappa shape index (κ2) is 9.28. The topological polar surface area (TPSA) is 64.7 Å². The average molecular weight is 363 g/mol. The third kappa shape index (κ3) is 4.86. The summed E-state index contributed by atoms with van der Waals surface area (Å²) in [4.78, 5) is 13.5.